The van der Waals surface area contributed by atoms with Gasteiger partial charge in [-0.15, -0.1) is 11.3 Å². The van der Waals surface area contributed by atoms with Crippen molar-refractivity contribution in [2.75, 3.05) is 0 Å². The molecule has 0 spiro atoms. The van der Waals surface area contributed by atoms with E-state index in [9.17, 15) is 14.7 Å². The number of aliphatic hydroxyl groups is 1. The molecular formula is C10H13NO4S. The number of aliphatic hydroxyl groups excluding tert-OH is 1. The number of hydrogen-bond acceptors (Lipinski definition) is 4. The summed E-state index contributed by atoms with van der Waals surface area (Å²) in [5, 5.41) is 22.0. The monoisotopic (exact) mass is 243 g/mol. The van der Waals surface area contributed by atoms with Crippen LogP contribution < -0.4 is 5.32 Å². The largest absolute Gasteiger partial charge is 0.480 e. The molecule has 2 atom stereocenters. The van der Waals surface area contributed by atoms with Crippen LogP contribution in [-0.2, 0) is 4.79 Å². The maximum atomic E-state index is 11.7. The number of carbonyl (C=O) groups excluding carboxylic acids is 1. The first-order valence-electron chi connectivity index (χ1n) is 4.69. The lowest BCUT2D eigenvalue weighted by Crippen LogP contribution is -2.47. The van der Waals surface area contributed by atoms with E-state index < -0.39 is 24.0 Å². The van der Waals surface area contributed by atoms with Crippen LogP contribution in [0.2, 0.25) is 0 Å². The maximum absolute atomic E-state index is 11.7. The Balaban J connectivity index is 2.77. The molecule has 0 unspecified atom stereocenters. The van der Waals surface area contributed by atoms with Crippen LogP contribution in [0.3, 0.4) is 0 Å². The Bertz CT molecular complexity index is 399. The van der Waals surface area contributed by atoms with Gasteiger partial charge in [0.2, 0.25) is 0 Å². The number of aryl methyl sites for hydroxylation is 1. The van der Waals surface area contributed by atoms with Crippen molar-refractivity contribution in [1.29, 1.82) is 0 Å². The summed E-state index contributed by atoms with van der Waals surface area (Å²) in [7, 11) is 0. The van der Waals surface area contributed by atoms with E-state index in [4.69, 9.17) is 5.11 Å². The number of thiophene rings is 1. The van der Waals surface area contributed by atoms with E-state index in [1.165, 1.54) is 18.3 Å². The molecule has 6 heteroatoms. The van der Waals surface area contributed by atoms with Crippen LogP contribution in [0.1, 0.15) is 22.2 Å². The Kier molecular flexibility index (Phi) is 4.03. The van der Waals surface area contributed by atoms with Gasteiger partial charge in [-0.2, -0.15) is 0 Å². The van der Waals surface area contributed by atoms with E-state index in [0.717, 1.165) is 5.56 Å². The van der Waals surface area contributed by atoms with E-state index in [1.807, 2.05) is 0 Å². The number of amides is 1. The molecule has 0 aliphatic carbocycles. The minimum Gasteiger partial charge on any atom is -0.480 e. The number of carbonyl (C=O) groups is 2. The fourth-order valence-electron chi connectivity index (χ4n) is 1.20. The number of carboxylic acid groups (broad SMARTS) is 1. The van der Waals surface area contributed by atoms with Gasteiger partial charge in [-0.25, -0.2) is 4.79 Å². The third-order valence-corrected chi connectivity index (χ3v) is 3.12. The first-order valence-corrected chi connectivity index (χ1v) is 5.57. The Labute approximate surface area is 96.7 Å². The van der Waals surface area contributed by atoms with Crippen LogP contribution in [0.5, 0.6) is 0 Å². The molecule has 1 rings (SSSR count). The molecule has 1 aromatic rings. The fraction of sp³-hybridized carbons (Fsp3) is 0.400. The van der Waals surface area contributed by atoms with Crippen molar-refractivity contribution < 1.29 is 19.8 Å². The van der Waals surface area contributed by atoms with Gasteiger partial charge in [0, 0.05) is 0 Å². The number of hydrogen-bond donors (Lipinski definition) is 3. The highest BCUT2D eigenvalue weighted by molar-refractivity contribution is 7.12. The minimum atomic E-state index is -1.28. The third-order valence-electron chi connectivity index (χ3n) is 2.10. The topological polar surface area (TPSA) is 86.6 Å². The predicted octanol–water partition coefficient (Wildman–Crippen LogP) is 0.620. The van der Waals surface area contributed by atoms with Crippen molar-refractivity contribution >= 4 is 23.2 Å². The van der Waals surface area contributed by atoms with Gasteiger partial charge in [0.1, 0.15) is 0 Å². The van der Waals surface area contributed by atoms with Crippen molar-refractivity contribution in [3.63, 3.8) is 0 Å². The average Bonchev–Trinajstić information content (AvgIpc) is 2.59. The highest BCUT2D eigenvalue weighted by Gasteiger charge is 2.26. The van der Waals surface area contributed by atoms with Gasteiger partial charge >= 0.3 is 5.97 Å². The van der Waals surface area contributed by atoms with Crippen LogP contribution in [-0.4, -0.2) is 34.2 Å². The smallest absolute Gasteiger partial charge is 0.328 e. The highest BCUT2D eigenvalue weighted by Crippen LogP contribution is 2.15. The van der Waals surface area contributed by atoms with E-state index >= 15 is 0 Å². The maximum Gasteiger partial charge on any atom is 0.328 e. The quantitative estimate of drug-likeness (QED) is 0.723. The molecule has 0 radical (unpaired) electrons. The summed E-state index contributed by atoms with van der Waals surface area (Å²) in [5.41, 5.74) is 0.789. The van der Waals surface area contributed by atoms with Gasteiger partial charge < -0.3 is 15.5 Å². The Morgan fingerprint density at radius 2 is 2.12 bits per heavy atom. The molecule has 16 heavy (non-hydrogen) atoms. The highest BCUT2D eigenvalue weighted by atomic mass is 32.1. The summed E-state index contributed by atoms with van der Waals surface area (Å²) >= 11 is 1.24. The molecule has 0 saturated carbocycles. The molecule has 0 fully saturated rings. The molecule has 3 N–H and O–H groups in total. The lowest BCUT2D eigenvalue weighted by Gasteiger charge is -2.16. The molecule has 0 aromatic carbocycles. The van der Waals surface area contributed by atoms with E-state index in [1.54, 1.807) is 18.4 Å². The van der Waals surface area contributed by atoms with E-state index in [2.05, 4.69) is 5.32 Å². The van der Waals surface area contributed by atoms with Crippen molar-refractivity contribution in [2.24, 2.45) is 0 Å². The van der Waals surface area contributed by atoms with Crippen molar-refractivity contribution in [1.82, 2.24) is 5.32 Å². The first kappa shape index (κ1) is 12.7. The molecule has 1 aromatic heterocycles. The SMILES string of the molecule is Cc1ccsc1C(=O)N[C@H](C(=O)O)[C@@H](C)O. The predicted molar refractivity (Wildman–Crippen MR) is 59.6 cm³/mol. The third kappa shape index (κ3) is 2.80. The molecule has 0 aliphatic rings. The lowest BCUT2D eigenvalue weighted by molar-refractivity contribution is -0.141. The zero-order valence-corrected chi connectivity index (χ0v) is 9.75. The average molecular weight is 243 g/mol. The molecule has 5 nitrogen and oxygen atoms in total. The molecule has 88 valence electrons. The second-order valence-electron chi connectivity index (χ2n) is 3.46. The number of aliphatic carboxylic acids is 1. The Hall–Kier alpha value is -1.40. The molecule has 0 saturated heterocycles. The van der Waals surface area contributed by atoms with Crippen molar-refractivity contribution in [3.8, 4) is 0 Å². The van der Waals surface area contributed by atoms with Crippen molar-refractivity contribution in [3.05, 3.63) is 21.9 Å². The molecule has 1 heterocycles. The zero-order valence-electron chi connectivity index (χ0n) is 8.93. The van der Waals surface area contributed by atoms with Crippen LogP contribution in [0.25, 0.3) is 0 Å². The minimum absolute atomic E-state index is 0.465. The van der Waals surface area contributed by atoms with Crippen LogP contribution in [0.15, 0.2) is 11.4 Å². The number of carboxylic acids is 1. The summed E-state index contributed by atoms with van der Waals surface area (Å²) in [6.45, 7) is 3.09. The van der Waals surface area contributed by atoms with Gasteiger partial charge in [-0.1, -0.05) is 0 Å². The second kappa shape index (κ2) is 5.09. The summed E-state index contributed by atoms with van der Waals surface area (Å²) in [4.78, 5) is 22.9. The van der Waals surface area contributed by atoms with Gasteiger partial charge in [0.25, 0.3) is 5.91 Å². The summed E-state index contributed by atoms with van der Waals surface area (Å²) < 4.78 is 0. The van der Waals surface area contributed by atoms with E-state index in [-0.39, 0.29) is 0 Å². The molecular weight excluding hydrogens is 230 g/mol. The van der Waals surface area contributed by atoms with E-state index in [0.29, 0.717) is 4.88 Å². The van der Waals surface area contributed by atoms with Crippen LogP contribution in [0.4, 0.5) is 0 Å². The summed E-state index contributed by atoms with van der Waals surface area (Å²) in [5.74, 6) is -1.72. The number of rotatable bonds is 4. The van der Waals surface area contributed by atoms with Crippen molar-refractivity contribution in [2.45, 2.75) is 26.0 Å². The van der Waals surface area contributed by atoms with Gasteiger partial charge in [-0.3, -0.25) is 4.79 Å². The van der Waals surface area contributed by atoms with Crippen LogP contribution in [0, 0.1) is 6.92 Å². The normalized spacial score (nSPS) is 14.2. The van der Waals surface area contributed by atoms with Gasteiger partial charge in [-0.05, 0) is 30.9 Å². The first-order chi connectivity index (χ1) is 7.43. The number of nitrogens with one attached hydrogen (secondary N) is 1. The van der Waals surface area contributed by atoms with Gasteiger partial charge in [0.15, 0.2) is 6.04 Å². The molecule has 1 amide bonds. The molecule has 0 aliphatic heterocycles. The Morgan fingerprint density at radius 1 is 1.50 bits per heavy atom. The fourth-order valence-corrected chi connectivity index (χ4v) is 2.03. The second-order valence-corrected chi connectivity index (χ2v) is 4.38. The van der Waals surface area contributed by atoms with Crippen LogP contribution >= 0.6 is 11.3 Å². The zero-order chi connectivity index (χ0) is 12.3. The molecule has 0 bridgehead atoms. The Morgan fingerprint density at radius 3 is 2.50 bits per heavy atom. The lowest BCUT2D eigenvalue weighted by atomic mass is 10.2. The standard InChI is InChI=1S/C10H13NO4S/c1-5-3-4-16-8(5)9(13)11-7(6(2)12)10(14)15/h3-4,6-7,12H,1-2H3,(H,11,13)(H,14,15)/t6-,7+/m1/s1. The summed E-state index contributed by atoms with van der Waals surface area (Å²) in [6, 6.07) is 0.492. The summed E-state index contributed by atoms with van der Waals surface area (Å²) in [6.07, 6.45) is -1.14. The van der Waals surface area contributed by atoms with Gasteiger partial charge in [0.05, 0.1) is 11.0 Å².